The molecular formula is C19H18F3N3O5. The van der Waals surface area contributed by atoms with Crippen molar-refractivity contribution in [3.63, 3.8) is 0 Å². The van der Waals surface area contributed by atoms with Crippen molar-refractivity contribution in [2.75, 3.05) is 19.8 Å². The molecule has 0 saturated heterocycles. The van der Waals surface area contributed by atoms with E-state index >= 15 is 0 Å². The van der Waals surface area contributed by atoms with Gasteiger partial charge in [-0.05, 0) is 6.07 Å². The highest BCUT2D eigenvalue weighted by Crippen LogP contribution is 2.22. The van der Waals surface area contributed by atoms with Crippen LogP contribution in [0.4, 0.5) is 13.2 Å². The molecule has 0 radical (unpaired) electrons. The van der Waals surface area contributed by atoms with Crippen molar-refractivity contribution in [1.29, 1.82) is 0 Å². The van der Waals surface area contributed by atoms with Crippen molar-refractivity contribution >= 4 is 11.8 Å². The SMILES string of the molecule is O=C(NCc1ccc(F)cc1F)c1cn2c(c(O)c1=O)C(=O)N(C(CO)CF)CC2. The number of halogens is 3. The van der Waals surface area contributed by atoms with Crippen LogP contribution in [-0.2, 0) is 13.1 Å². The fourth-order valence-corrected chi connectivity index (χ4v) is 3.18. The number of alkyl halides is 1. The number of aliphatic hydroxyl groups excluding tert-OH is 1. The molecule has 1 atom stereocenters. The number of carbonyl (C=O) groups is 2. The van der Waals surface area contributed by atoms with Gasteiger partial charge in [-0.1, -0.05) is 6.07 Å². The molecule has 2 amide bonds. The molecule has 1 unspecified atom stereocenters. The molecule has 2 heterocycles. The summed E-state index contributed by atoms with van der Waals surface area (Å²) >= 11 is 0. The Morgan fingerprint density at radius 3 is 2.60 bits per heavy atom. The monoisotopic (exact) mass is 425 g/mol. The van der Waals surface area contributed by atoms with E-state index in [1.165, 1.54) is 4.57 Å². The maximum atomic E-state index is 13.7. The predicted molar refractivity (Wildman–Crippen MR) is 97.8 cm³/mol. The summed E-state index contributed by atoms with van der Waals surface area (Å²) in [6.45, 7) is -1.95. The summed E-state index contributed by atoms with van der Waals surface area (Å²) in [5.41, 5.74) is -2.04. The minimum atomic E-state index is -1.13. The second-order valence-corrected chi connectivity index (χ2v) is 6.67. The largest absolute Gasteiger partial charge is 0.503 e. The first-order valence-corrected chi connectivity index (χ1v) is 8.94. The van der Waals surface area contributed by atoms with Gasteiger partial charge < -0.3 is 25.0 Å². The van der Waals surface area contributed by atoms with Gasteiger partial charge in [-0.3, -0.25) is 14.4 Å². The minimum absolute atomic E-state index is 0.00879. The first-order chi connectivity index (χ1) is 14.3. The Balaban J connectivity index is 1.86. The summed E-state index contributed by atoms with van der Waals surface area (Å²) in [6.07, 6.45) is 1.08. The van der Waals surface area contributed by atoms with Gasteiger partial charge >= 0.3 is 0 Å². The lowest BCUT2D eigenvalue weighted by atomic mass is 10.1. The Kier molecular flexibility index (Phi) is 6.11. The molecule has 0 fully saturated rings. The molecule has 11 heteroatoms. The Labute approximate surface area is 168 Å². The van der Waals surface area contributed by atoms with Gasteiger partial charge in [-0.15, -0.1) is 0 Å². The Hall–Kier alpha value is -3.34. The van der Waals surface area contributed by atoms with Crippen LogP contribution in [0.25, 0.3) is 0 Å². The molecule has 2 aromatic rings. The minimum Gasteiger partial charge on any atom is -0.503 e. The number of nitrogens with one attached hydrogen (secondary N) is 1. The number of fused-ring (bicyclic) bond motifs is 1. The van der Waals surface area contributed by atoms with Crippen LogP contribution in [0.2, 0.25) is 0 Å². The normalized spacial score (nSPS) is 14.4. The second kappa shape index (κ2) is 8.57. The molecule has 0 saturated carbocycles. The molecule has 30 heavy (non-hydrogen) atoms. The van der Waals surface area contributed by atoms with E-state index in [2.05, 4.69) is 5.32 Å². The van der Waals surface area contributed by atoms with Crippen LogP contribution in [0.5, 0.6) is 5.75 Å². The molecule has 8 nitrogen and oxygen atoms in total. The van der Waals surface area contributed by atoms with E-state index in [-0.39, 0.29) is 25.2 Å². The van der Waals surface area contributed by atoms with E-state index in [1.54, 1.807) is 0 Å². The Morgan fingerprint density at radius 1 is 1.23 bits per heavy atom. The molecule has 1 aromatic heterocycles. The summed E-state index contributed by atoms with van der Waals surface area (Å²) in [5.74, 6) is -4.43. The van der Waals surface area contributed by atoms with Crippen LogP contribution in [0.3, 0.4) is 0 Å². The number of carbonyl (C=O) groups excluding carboxylic acids is 2. The molecule has 1 aromatic carbocycles. The van der Waals surface area contributed by atoms with E-state index < -0.39 is 65.2 Å². The molecule has 3 N–H and O–H groups in total. The summed E-state index contributed by atoms with van der Waals surface area (Å²) in [6, 6.07) is 1.68. The third kappa shape index (κ3) is 3.88. The number of pyridine rings is 1. The van der Waals surface area contributed by atoms with Gasteiger partial charge in [-0.25, -0.2) is 13.2 Å². The zero-order chi connectivity index (χ0) is 22.0. The molecule has 160 valence electrons. The van der Waals surface area contributed by atoms with Gasteiger partial charge in [0, 0.05) is 37.5 Å². The molecule has 1 aliphatic heterocycles. The van der Waals surface area contributed by atoms with Crippen LogP contribution in [-0.4, -0.2) is 57.4 Å². The Bertz CT molecular complexity index is 1050. The van der Waals surface area contributed by atoms with Gasteiger partial charge in [0.15, 0.2) is 11.4 Å². The smallest absolute Gasteiger partial charge is 0.274 e. The van der Waals surface area contributed by atoms with Crippen molar-refractivity contribution in [1.82, 2.24) is 14.8 Å². The van der Waals surface area contributed by atoms with Crippen molar-refractivity contribution in [2.24, 2.45) is 0 Å². The first-order valence-electron chi connectivity index (χ1n) is 8.94. The van der Waals surface area contributed by atoms with Crippen LogP contribution in [0, 0.1) is 11.6 Å². The zero-order valence-electron chi connectivity index (χ0n) is 15.6. The number of aromatic hydroxyl groups is 1. The highest BCUT2D eigenvalue weighted by Gasteiger charge is 2.34. The maximum absolute atomic E-state index is 13.7. The van der Waals surface area contributed by atoms with Crippen molar-refractivity contribution < 1.29 is 33.0 Å². The van der Waals surface area contributed by atoms with Crippen LogP contribution >= 0.6 is 0 Å². The summed E-state index contributed by atoms with van der Waals surface area (Å²) < 4.78 is 40.9. The van der Waals surface area contributed by atoms with Crippen LogP contribution in [0.1, 0.15) is 26.4 Å². The molecule has 1 aliphatic rings. The number of hydrogen-bond acceptors (Lipinski definition) is 5. The van der Waals surface area contributed by atoms with Crippen molar-refractivity contribution in [3.8, 4) is 5.75 Å². The second-order valence-electron chi connectivity index (χ2n) is 6.67. The average molecular weight is 425 g/mol. The predicted octanol–water partition coefficient (Wildman–Crippen LogP) is 0.548. The third-order valence-electron chi connectivity index (χ3n) is 4.83. The Morgan fingerprint density at radius 2 is 1.97 bits per heavy atom. The van der Waals surface area contributed by atoms with Gasteiger partial charge in [0.25, 0.3) is 11.8 Å². The van der Waals surface area contributed by atoms with E-state index in [0.29, 0.717) is 6.07 Å². The van der Waals surface area contributed by atoms with Gasteiger partial charge in [0.2, 0.25) is 5.43 Å². The molecular weight excluding hydrogens is 407 g/mol. The zero-order valence-corrected chi connectivity index (χ0v) is 15.6. The lowest BCUT2D eigenvalue weighted by Gasteiger charge is -2.34. The van der Waals surface area contributed by atoms with Gasteiger partial charge in [0.05, 0.1) is 12.6 Å². The van der Waals surface area contributed by atoms with E-state index in [0.717, 1.165) is 23.2 Å². The van der Waals surface area contributed by atoms with E-state index in [4.69, 9.17) is 0 Å². The number of nitrogens with zero attached hydrogens (tertiary/aromatic N) is 2. The number of benzene rings is 1. The van der Waals surface area contributed by atoms with Crippen molar-refractivity contribution in [3.05, 3.63) is 63.1 Å². The van der Waals surface area contributed by atoms with Crippen molar-refractivity contribution in [2.45, 2.75) is 19.1 Å². The quantitative estimate of drug-likeness (QED) is 0.626. The van der Waals surface area contributed by atoms with Crippen LogP contribution in [0.15, 0.2) is 29.2 Å². The first kappa shape index (κ1) is 21.4. The lowest BCUT2D eigenvalue weighted by molar-refractivity contribution is 0.0473. The molecule has 0 spiro atoms. The van der Waals surface area contributed by atoms with Gasteiger partial charge in [0.1, 0.15) is 23.9 Å². The lowest BCUT2D eigenvalue weighted by Crippen LogP contribution is -2.50. The number of amides is 2. The molecule has 0 aliphatic carbocycles. The molecule has 0 bridgehead atoms. The highest BCUT2D eigenvalue weighted by atomic mass is 19.1. The van der Waals surface area contributed by atoms with Gasteiger partial charge in [-0.2, -0.15) is 0 Å². The number of aromatic nitrogens is 1. The average Bonchev–Trinajstić information content (AvgIpc) is 2.72. The van der Waals surface area contributed by atoms with E-state index in [1.807, 2.05) is 0 Å². The highest BCUT2D eigenvalue weighted by molar-refractivity contribution is 5.99. The number of hydrogen-bond donors (Lipinski definition) is 3. The summed E-state index contributed by atoms with van der Waals surface area (Å²) in [7, 11) is 0. The fraction of sp³-hybridized carbons (Fsp3) is 0.316. The number of rotatable bonds is 6. The fourth-order valence-electron chi connectivity index (χ4n) is 3.18. The van der Waals surface area contributed by atoms with Crippen LogP contribution < -0.4 is 10.7 Å². The third-order valence-corrected chi connectivity index (χ3v) is 4.83. The summed E-state index contributed by atoms with van der Waals surface area (Å²) in [5, 5.41) is 21.7. The van der Waals surface area contributed by atoms with E-state index in [9.17, 15) is 37.8 Å². The maximum Gasteiger partial charge on any atom is 0.274 e. The molecule has 3 rings (SSSR count). The standard InChI is InChI=1S/C19H18F3N3O5/c20-6-12(9-26)25-4-3-24-8-13(16(27)17(28)15(24)19(25)30)18(29)23-7-10-1-2-11(21)5-14(10)22/h1-2,5,8,12,26,28H,3-4,6-7,9H2,(H,23,29). The number of aliphatic hydroxyl groups is 1. The topological polar surface area (TPSA) is 112 Å². The summed E-state index contributed by atoms with van der Waals surface area (Å²) in [4.78, 5) is 38.4.